The highest BCUT2D eigenvalue weighted by molar-refractivity contribution is 5.87. The normalized spacial score (nSPS) is 29.6. The number of fused-ring (bicyclic) bond motifs is 2. The van der Waals surface area contributed by atoms with Crippen molar-refractivity contribution in [1.82, 2.24) is 20.3 Å². The van der Waals surface area contributed by atoms with Gasteiger partial charge in [-0.05, 0) is 50.3 Å². The maximum Gasteiger partial charge on any atom is 0.142 e. The average molecular weight is 271 g/mol. The van der Waals surface area contributed by atoms with Gasteiger partial charge >= 0.3 is 0 Å². The van der Waals surface area contributed by atoms with Crippen LogP contribution in [-0.4, -0.2) is 41.1 Å². The first-order chi connectivity index (χ1) is 9.83. The zero-order chi connectivity index (χ0) is 13.5. The van der Waals surface area contributed by atoms with Crippen LogP contribution >= 0.6 is 0 Å². The minimum atomic E-state index is 0.609. The number of nitrogens with zero attached hydrogens (tertiary/aromatic N) is 3. The molecule has 2 aliphatic rings. The molecule has 2 fully saturated rings. The molecule has 5 heteroatoms. The van der Waals surface area contributed by atoms with Crippen molar-refractivity contribution >= 4 is 16.9 Å². The van der Waals surface area contributed by atoms with Crippen LogP contribution in [0.15, 0.2) is 18.6 Å². The van der Waals surface area contributed by atoms with Gasteiger partial charge in [0.2, 0.25) is 0 Å². The molecular weight excluding hydrogens is 250 g/mol. The Morgan fingerprint density at radius 1 is 1.25 bits per heavy atom. The Hall–Kier alpha value is -1.62. The largest absolute Gasteiger partial charge is 0.356 e. The molecule has 0 spiro atoms. The second kappa shape index (κ2) is 4.74. The van der Waals surface area contributed by atoms with Gasteiger partial charge in [0.25, 0.3) is 0 Å². The molecule has 3 heterocycles. The van der Waals surface area contributed by atoms with Crippen molar-refractivity contribution in [3.8, 4) is 0 Å². The molecule has 3 atom stereocenters. The van der Waals surface area contributed by atoms with Crippen LogP contribution in [0.2, 0.25) is 0 Å². The van der Waals surface area contributed by atoms with E-state index >= 15 is 0 Å². The molecule has 1 unspecified atom stereocenters. The number of piperidine rings is 1. The summed E-state index contributed by atoms with van der Waals surface area (Å²) in [7, 11) is 2.18. The molecule has 4 rings (SSSR count). The number of H-pyrrole nitrogens is 1. The van der Waals surface area contributed by atoms with Crippen molar-refractivity contribution in [3.63, 3.8) is 0 Å². The number of hydrogen-bond acceptors (Lipinski definition) is 4. The number of hydrogen-bond donors (Lipinski definition) is 2. The van der Waals surface area contributed by atoms with E-state index in [0.717, 1.165) is 28.7 Å². The van der Waals surface area contributed by atoms with E-state index in [9.17, 15) is 0 Å². The molecule has 1 saturated heterocycles. The van der Waals surface area contributed by atoms with Crippen molar-refractivity contribution in [1.29, 1.82) is 0 Å². The third-order valence-corrected chi connectivity index (χ3v) is 5.13. The van der Waals surface area contributed by atoms with Gasteiger partial charge in [0.15, 0.2) is 0 Å². The molecule has 20 heavy (non-hydrogen) atoms. The van der Waals surface area contributed by atoms with E-state index in [1.54, 1.807) is 6.33 Å². The molecule has 2 N–H and O–H groups in total. The van der Waals surface area contributed by atoms with E-state index in [0.29, 0.717) is 6.04 Å². The second-order valence-electron chi connectivity index (χ2n) is 6.19. The van der Waals surface area contributed by atoms with E-state index < -0.39 is 0 Å². The number of nitrogens with one attached hydrogen (secondary N) is 2. The first-order valence-corrected chi connectivity index (χ1v) is 7.54. The Bertz CT molecular complexity index is 593. The van der Waals surface area contributed by atoms with Gasteiger partial charge in [0.05, 0.1) is 5.39 Å². The fourth-order valence-corrected chi connectivity index (χ4v) is 3.99. The molecule has 0 bridgehead atoms. The van der Waals surface area contributed by atoms with Crippen molar-refractivity contribution in [2.45, 2.75) is 25.3 Å². The molecule has 2 aromatic rings. The van der Waals surface area contributed by atoms with Gasteiger partial charge in [-0.2, -0.15) is 0 Å². The van der Waals surface area contributed by atoms with Crippen molar-refractivity contribution < 1.29 is 0 Å². The van der Waals surface area contributed by atoms with Crippen molar-refractivity contribution in [2.24, 2.45) is 11.8 Å². The fourth-order valence-electron chi connectivity index (χ4n) is 3.99. The summed E-state index contributed by atoms with van der Waals surface area (Å²) in [6.45, 7) is 2.38. The number of aromatic amines is 1. The molecule has 1 saturated carbocycles. The van der Waals surface area contributed by atoms with Crippen molar-refractivity contribution in [2.75, 3.05) is 25.0 Å². The standard InChI is InChI=1S/C15H21N5/c1-20(12-6-10-2-4-16-8-11(10)7-12)15-13-3-5-17-14(13)18-9-19-15/h3,5,9-12,16H,2,4,6-8H2,1H3,(H,17,18,19)/t10-,11-,12?/m0/s1. The highest BCUT2D eigenvalue weighted by Crippen LogP contribution is 2.39. The molecule has 1 aliphatic carbocycles. The summed E-state index contributed by atoms with van der Waals surface area (Å²) in [6.07, 6.45) is 7.52. The number of rotatable bonds is 2. The van der Waals surface area contributed by atoms with Gasteiger partial charge in [-0.1, -0.05) is 0 Å². The van der Waals surface area contributed by atoms with Gasteiger partial charge in [-0.25, -0.2) is 9.97 Å². The Balaban J connectivity index is 1.61. The quantitative estimate of drug-likeness (QED) is 0.874. The first kappa shape index (κ1) is 12.1. The number of aromatic nitrogens is 3. The summed E-state index contributed by atoms with van der Waals surface area (Å²) in [4.78, 5) is 14.3. The predicted octanol–water partition coefficient (Wildman–Crippen LogP) is 1.78. The third kappa shape index (κ3) is 1.88. The lowest BCUT2D eigenvalue weighted by molar-refractivity contribution is 0.295. The monoisotopic (exact) mass is 271 g/mol. The van der Waals surface area contributed by atoms with Crippen LogP contribution in [0.1, 0.15) is 19.3 Å². The summed E-state index contributed by atoms with van der Waals surface area (Å²) < 4.78 is 0. The maximum atomic E-state index is 4.52. The van der Waals surface area contributed by atoms with E-state index in [-0.39, 0.29) is 0 Å². The summed E-state index contributed by atoms with van der Waals surface area (Å²) in [5, 5.41) is 4.66. The lowest BCUT2D eigenvalue weighted by atomic mass is 9.90. The molecular formula is C15H21N5. The predicted molar refractivity (Wildman–Crippen MR) is 79.8 cm³/mol. The summed E-state index contributed by atoms with van der Waals surface area (Å²) in [5.41, 5.74) is 0.930. The van der Waals surface area contributed by atoms with Gasteiger partial charge in [0.1, 0.15) is 17.8 Å². The first-order valence-electron chi connectivity index (χ1n) is 7.54. The van der Waals surface area contributed by atoms with Crippen LogP contribution in [0.25, 0.3) is 11.0 Å². The van der Waals surface area contributed by atoms with Gasteiger partial charge in [-0.3, -0.25) is 0 Å². The Labute approximate surface area is 118 Å². The molecule has 5 nitrogen and oxygen atoms in total. The van der Waals surface area contributed by atoms with Crippen LogP contribution in [-0.2, 0) is 0 Å². The molecule has 1 aliphatic heterocycles. The van der Waals surface area contributed by atoms with Gasteiger partial charge in [-0.15, -0.1) is 0 Å². The van der Waals surface area contributed by atoms with Crippen LogP contribution < -0.4 is 10.2 Å². The van der Waals surface area contributed by atoms with Gasteiger partial charge < -0.3 is 15.2 Å². The van der Waals surface area contributed by atoms with Crippen LogP contribution in [0.4, 0.5) is 5.82 Å². The Morgan fingerprint density at radius 3 is 3.05 bits per heavy atom. The molecule has 0 amide bonds. The summed E-state index contributed by atoms with van der Waals surface area (Å²) in [5.74, 6) is 2.81. The van der Waals surface area contributed by atoms with Crippen LogP contribution in [0.3, 0.4) is 0 Å². The Kier molecular flexibility index (Phi) is 2.88. The maximum absolute atomic E-state index is 4.52. The minimum Gasteiger partial charge on any atom is -0.356 e. The van der Waals surface area contributed by atoms with Crippen molar-refractivity contribution in [3.05, 3.63) is 18.6 Å². The van der Waals surface area contributed by atoms with E-state index in [1.807, 2.05) is 6.20 Å². The fraction of sp³-hybridized carbons (Fsp3) is 0.600. The van der Waals surface area contributed by atoms with Crippen LogP contribution in [0.5, 0.6) is 0 Å². The summed E-state index contributed by atoms with van der Waals surface area (Å²) in [6, 6.07) is 2.68. The summed E-state index contributed by atoms with van der Waals surface area (Å²) >= 11 is 0. The second-order valence-corrected chi connectivity index (χ2v) is 6.19. The molecule has 2 aromatic heterocycles. The number of anilines is 1. The lowest BCUT2D eigenvalue weighted by Crippen LogP contribution is -2.33. The van der Waals surface area contributed by atoms with E-state index in [4.69, 9.17) is 0 Å². The third-order valence-electron chi connectivity index (χ3n) is 5.13. The smallest absolute Gasteiger partial charge is 0.142 e. The topological polar surface area (TPSA) is 56.8 Å². The SMILES string of the molecule is CN(c1ncnc2[nH]ccc12)C1C[C@H]2CNCC[C@H]2C1. The van der Waals surface area contributed by atoms with Crippen LogP contribution in [0, 0.1) is 11.8 Å². The zero-order valence-corrected chi connectivity index (χ0v) is 11.8. The molecule has 0 aromatic carbocycles. The van der Waals surface area contributed by atoms with Gasteiger partial charge in [0, 0.05) is 19.3 Å². The molecule has 106 valence electrons. The van der Waals surface area contributed by atoms with E-state index in [1.165, 1.54) is 32.4 Å². The zero-order valence-electron chi connectivity index (χ0n) is 11.8. The average Bonchev–Trinajstić information content (AvgIpc) is 3.12. The highest BCUT2D eigenvalue weighted by Gasteiger charge is 2.37. The Morgan fingerprint density at radius 2 is 2.15 bits per heavy atom. The minimum absolute atomic E-state index is 0.609. The molecule has 0 radical (unpaired) electrons. The van der Waals surface area contributed by atoms with E-state index in [2.05, 4.69) is 38.3 Å². The highest BCUT2D eigenvalue weighted by atomic mass is 15.2. The lowest BCUT2D eigenvalue weighted by Gasteiger charge is -2.26.